The number of carbonyl (C=O) groups is 1. The summed E-state index contributed by atoms with van der Waals surface area (Å²) in [6, 6.07) is 8.01. The molecule has 1 aromatic carbocycles. The molecule has 0 saturated carbocycles. The number of nitro groups is 1. The summed E-state index contributed by atoms with van der Waals surface area (Å²) in [5.41, 5.74) is 1.60. The molecule has 0 aliphatic heterocycles. The number of carbonyl (C=O) groups excluding carboxylic acids is 1. The van der Waals surface area contributed by atoms with E-state index in [0.717, 1.165) is 0 Å². The van der Waals surface area contributed by atoms with Gasteiger partial charge >= 0.3 is 0 Å². The van der Waals surface area contributed by atoms with Crippen molar-refractivity contribution >= 4 is 29.0 Å². The first-order valence-corrected chi connectivity index (χ1v) is 9.16. The zero-order chi connectivity index (χ0) is 19.6. The molecule has 1 N–H and O–H groups in total. The van der Waals surface area contributed by atoms with Gasteiger partial charge in [0.25, 0.3) is 11.6 Å². The molecule has 0 aliphatic rings. The standard InChI is InChI=1S/C18H16N4O4S/c1-10-6-7-12(9-13(10)22(24)25)20-17(23)15-11(2)19-16(21-18(15)27-3)14-5-4-8-26-14/h4-9H,1-3H3,(H,20,23). The number of aryl methyl sites for hydroxylation is 2. The SMILES string of the molecule is CSc1nc(-c2ccco2)nc(C)c1C(=O)Nc1ccc(C)c([N+](=O)[O-])c1. The molecule has 0 radical (unpaired) electrons. The minimum absolute atomic E-state index is 0.0565. The number of rotatable bonds is 5. The topological polar surface area (TPSA) is 111 Å². The maximum Gasteiger partial charge on any atom is 0.274 e. The van der Waals surface area contributed by atoms with Crippen LogP contribution in [0.3, 0.4) is 0 Å². The number of nitro benzene ring substituents is 1. The van der Waals surface area contributed by atoms with Gasteiger partial charge in [-0.15, -0.1) is 11.8 Å². The van der Waals surface area contributed by atoms with E-state index in [0.29, 0.717) is 39.1 Å². The second-order valence-electron chi connectivity index (χ2n) is 5.71. The van der Waals surface area contributed by atoms with Crippen LogP contribution in [0.15, 0.2) is 46.0 Å². The first-order valence-electron chi connectivity index (χ1n) is 7.93. The number of nitrogens with one attached hydrogen (secondary N) is 1. The Kier molecular flexibility index (Phi) is 5.22. The van der Waals surface area contributed by atoms with Crippen molar-refractivity contribution < 1.29 is 14.1 Å². The monoisotopic (exact) mass is 384 g/mol. The van der Waals surface area contributed by atoms with Crippen LogP contribution in [0.4, 0.5) is 11.4 Å². The fourth-order valence-electron chi connectivity index (χ4n) is 2.55. The van der Waals surface area contributed by atoms with Crippen LogP contribution in [0.5, 0.6) is 0 Å². The van der Waals surface area contributed by atoms with E-state index in [1.807, 2.05) is 0 Å². The molecule has 9 heteroatoms. The highest BCUT2D eigenvalue weighted by Crippen LogP contribution is 2.27. The first kappa shape index (κ1) is 18.6. The van der Waals surface area contributed by atoms with Crippen molar-refractivity contribution in [1.29, 1.82) is 0 Å². The quantitative estimate of drug-likeness (QED) is 0.303. The van der Waals surface area contributed by atoms with Crippen molar-refractivity contribution in [2.24, 2.45) is 0 Å². The van der Waals surface area contributed by atoms with Gasteiger partial charge in [0.15, 0.2) is 11.6 Å². The zero-order valence-electron chi connectivity index (χ0n) is 14.8. The minimum Gasteiger partial charge on any atom is -0.461 e. The number of thioether (sulfide) groups is 1. The Bertz CT molecular complexity index is 1020. The van der Waals surface area contributed by atoms with E-state index in [4.69, 9.17) is 4.42 Å². The zero-order valence-corrected chi connectivity index (χ0v) is 15.7. The summed E-state index contributed by atoms with van der Waals surface area (Å²) >= 11 is 1.31. The van der Waals surface area contributed by atoms with E-state index in [2.05, 4.69) is 15.3 Å². The van der Waals surface area contributed by atoms with Crippen LogP contribution in [-0.4, -0.2) is 27.1 Å². The second-order valence-corrected chi connectivity index (χ2v) is 6.50. The van der Waals surface area contributed by atoms with Gasteiger partial charge in [0.2, 0.25) is 0 Å². The van der Waals surface area contributed by atoms with Gasteiger partial charge in [-0.3, -0.25) is 14.9 Å². The molecule has 0 saturated heterocycles. The van der Waals surface area contributed by atoms with E-state index in [9.17, 15) is 14.9 Å². The molecule has 2 aromatic heterocycles. The average molecular weight is 384 g/mol. The third kappa shape index (κ3) is 3.82. The number of amides is 1. The Morgan fingerprint density at radius 1 is 1.26 bits per heavy atom. The van der Waals surface area contributed by atoms with E-state index >= 15 is 0 Å². The number of anilines is 1. The number of hydrogen-bond acceptors (Lipinski definition) is 7. The molecule has 1 amide bonds. The summed E-state index contributed by atoms with van der Waals surface area (Å²) < 4.78 is 5.32. The minimum atomic E-state index is -0.481. The van der Waals surface area contributed by atoms with Gasteiger partial charge in [-0.1, -0.05) is 6.07 Å². The Hall–Kier alpha value is -3.20. The highest BCUT2D eigenvalue weighted by atomic mass is 32.2. The number of hydrogen-bond donors (Lipinski definition) is 1. The molecule has 3 rings (SSSR count). The molecular weight excluding hydrogens is 368 g/mol. The molecule has 0 unspecified atom stereocenters. The Morgan fingerprint density at radius 3 is 2.67 bits per heavy atom. The highest BCUT2D eigenvalue weighted by Gasteiger charge is 2.21. The summed E-state index contributed by atoms with van der Waals surface area (Å²) in [5, 5.41) is 14.3. The van der Waals surface area contributed by atoms with Gasteiger partial charge in [-0.05, 0) is 38.3 Å². The summed E-state index contributed by atoms with van der Waals surface area (Å²) in [5.74, 6) is 0.472. The van der Waals surface area contributed by atoms with Gasteiger partial charge in [0, 0.05) is 17.3 Å². The smallest absolute Gasteiger partial charge is 0.274 e. The lowest BCUT2D eigenvalue weighted by atomic mass is 10.1. The highest BCUT2D eigenvalue weighted by molar-refractivity contribution is 7.98. The third-order valence-corrected chi connectivity index (χ3v) is 4.56. The van der Waals surface area contributed by atoms with Crippen LogP contribution in [-0.2, 0) is 0 Å². The molecule has 27 heavy (non-hydrogen) atoms. The van der Waals surface area contributed by atoms with Crippen molar-refractivity contribution in [2.75, 3.05) is 11.6 Å². The molecule has 0 spiro atoms. The van der Waals surface area contributed by atoms with Crippen LogP contribution < -0.4 is 5.32 Å². The van der Waals surface area contributed by atoms with Crippen molar-refractivity contribution in [3.05, 3.63) is 63.5 Å². The van der Waals surface area contributed by atoms with Crippen molar-refractivity contribution in [3.8, 4) is 11.6 Å². The van der Waals surface area contributed by atoms with E-state index in [1.165, 1.54) is 24.1 Å². The van der Waals surface area contributed by atoms with Crippen LogP contribution in [0.25, 0.3) is 11.6 Å². The lowest BCUT2D eigenvalue weighted by molar-refractivity contribution is -0.385. The number of benzene rings is 1. The summed E-state index contributed by atoms with van der Waals surface area (Å²) in [6.07, 6.45) is 3.33. The summed E-state index contributed by atoms with van der Waals surface area (Å²) in [4.78, 5) is 32.2. The molecule has 138 valence electrons. The number of nitrogens with zero attached hydrogens (tertiary/aromatic N) is 3. The molecule has 0 fully saturated rings. The Morgan fingerprint density at radius 2 is 2.04 bits per heavy atom. The number of aromatic nitrogens is 2. The van der Waals surface area contributed by atoms with Crippen LogP contribution in [0, 0.1) is 24.0 Å². The number of furan rings is 1. The maximum absolute atomic E-state index is 12.8. The lowest BCUT2D eigenvalue weighted by Crippen LogP contribution is -2.17. The van der Waals surface area contributed by atoms with E-state index in [-0.39, 0.29) is 5.69 Å². The van der Waals surface area contributed by atoms with Crippen molar-refractivity contribution in [2.45, 2.75) is 18.9 Å². The third-order valence-electron chi connectivity index (χ3n) is 3.88. The van der Waals surface area contributed by atoms with Crippen LogP contribution >= 0.6 is 11.8 Å². The summed E-state index contributed by atoms with van der Waals surface area (Å²) in [7, 11) is 0. The maximum atomic E-state index is 12.8. The van der Waals surface area contributed by atoms with E-state index < -0.39 is 10.8 Å². The lowest BCUT2D eigenvalue weighted by Gasteiger charge is -2.12. The predicted molar refractivity (Wildman–Crippen MR) is 102 cm³/mol. The molecule has 0 atom stereocenters. The Labute approximate surface area is 159 Å². The summed E-state index contributed by atoms with van der Waals surface area (Å²) in [6.45, 7) is 3.35. The van der Waals surface area contributed by atoms with Gasteiger partial charge in [-0.2, -0.15) is 0 Å². The molecule has 0 bridgehead atoms. The normalized spacial score (nSPS) is 10.6. The van der Waals surface area contributed by atoms with Gasteiger partial charge < -0.3 is 9.73 Å². The van der Waals surface area contributed by atoms with Gasteiger partial charge in [-0.25, -0.2) is 9.97 Å². The van der Waals surface area contributed by atoms with Crippen LogP contribution in [0.2, 0.25) is 0 Å². The Balaban J connectivity index is 1.95. The molecule has 2 heterocycles. The van der Waals surface area contributed by atoms with Crippen molar-refractivity contribution in [3.63, 3.8) is 0 Å². The van der Waals surface area contributed by atoms with Gasteiger partial charge in [0.05, 0.1) is 22.4 Å². The fraction of sp³-hybridized carbons (Fsp3) is 0.167. The molecule has 0 aliphatic carbocycles. The van der Waals surface area contributed by atoms with Crippen LogP contribution in [0.1, 0.15) is 21.6 Å². The van der Waals surface area contributed by atoms with E-state index in [1.54, 1.807) is 44.4 Å². The molecular formula is C18H16N4O4S. The first-order chi connectivity index (χ1) is 12.9. The second kappa shape index (κ2) is 7.58. The van der Waals surface area contributed by atoms with Crippen molar-refractivity contribution in [1.82, 2.24) is 9.97 Å². The molecule has 8 nitrogen and oxygen atoms in total. The van der Waals surface area contributed by atoms with Gasteiger partial charge in [0.1, 0.15) is 5.03 Å². The fourth-order valence-corrected chi connectivity index (χ4v) is 3.17. The average Bonchev–Trinajstić information content (AvgIpc) is 3.16. The predicted octanol–water partition coefficient (Wildman–Crippen LogP) is 4.24. The molecule has 3 aromatic rings. The largest absolute Gasteiger partial charge is 0.461 e.